The third kappa shape index (κ3) is 5.93. The lowest BCUT2D eigenvalue weighted by atomic mass is 10.3. The van der Waals surface area contributed by atoms with Crippen molar-refractivity contribution in [2.45, 2.75) is 45.7 Å². The van der Waals surface area contributed by atoms with Gasteiger partial charge in [-0.25, -0.2) is 0 Å². The molecule has 2 nitrogen and oxygen atoms in total. The molecule has 0 amide bonds. The highest BCUT2D eigenvalue weighted by molar-refractivity contribution is 6.89. The molecule has 0 unspecified atom stereocenters. The van der Waals surface area contributed by atoms with Gasteiger partial charge in [0, 0.05) is 12.2 Å². The Labute approximate surface area is 121 Å². The fraction of sp³-hybridized carbons (Fsp3) is 0.600. The largest absolute Gasteiger partial charge is 0.385 e. The third-order valence-corrected chi connectivity index (χ3v) is 11.0. The topological polar surface area (TPSA) is 15.3 Å². The number of anilines is 1. The van der Waals surface area contributed by atoms with Crippen molar-refractivity contribution in [2.75, 3.05) is 18.4 Å². The van der Waals surface area contributed by atoms with E-state index in [2.05, 4.69) is 79.2 Å². The molecule has 0 heterocycles. The van der Waals surface area contributed by atoms with Crippen LogP contribution < -0.4 is 5.32 Å². The van der Waals surface area contributed by atoms with E-state index in [1.54, 1.807) is 0 Å². The normalized spacial score (nSPS) is 12.8. The molecule has 0 bridgehead atoms. The molecule has 4 heteroatoms. The number of benzene rings is 1. The summed E-state index contributed by atoms with van der Waals surface area (Å²) in [6.07, 6.45) is 1.23. The second-order valence-electron chi connectivity index (χ2n) is 7.14. The summed E-state index contributed by atoms with van der Waals surface area (Å²) in [6.45, 7) is 17.1. The molecule has 0 aliphatic rings. The molecule has 1 rings (SSSR count). The molecule has 19 heavy (non-hydrogen) atoms. The SMILES string of the molecule is C[Si](C)(C)N(CCCNc1ccccc1)[Si](C)(C)C. The lowest BCUT2D eigenvalue weighted by molar-refractivity contribution is 0.592. The molecule has 0 spiro atoms. The first-order chi connectivity index (χ1) is 8.71. The van der Waals surface area contributed by atoms with Gasteiger partial charge in [0.15, 0.2) is 0 Å². The average Bonchev–Trinajstić information content (AvgIpc) is 2.26. The second kappa shape index (κ2) is 6.72. The highest BCUT2D eigenvalue weighted by Gasteiger charge is 2.33. The van der Waals surface area contributed by atoms with Crippen LogP contribution in [0.3, 0.4) is 0 Å². The van der Waals surface area contributed by atoms with Gasteiger partial charge in [-0.3, -0.25) is 0 Å². The first-order valence-corrected chi connectivity index (χ1v) is 14.2. The minimum Gasteiger partial charge on any atom is -0.385 e. The Morgan fingerprint density at radius 3 is 1.89 bits per heavy atom. The van der Waals surface area contributed by atoms with Crippen molar-refractivity contribution in [1.82, 2.24) is 4.23 Å². The monoisotopic (exact) mass is 294 g/mol. The van der Waals surface area contributed by atoms with Crippen LogP contribution in [0.15, 0.2) is 30.3 Å². The lowest BCUT2D eigenvalue weighted by Crippen LogP contribution is -2.59. The van der Waals surface area contributed by atoms with E-state index in [4.69, 9.17) is 0 Å². The maximum absolute atomic E-state index is 3.51. The molecule has 0 fully saturated rings. The minimum absolute atomic E-state index is 1.06. The molecule has 0 aliphatic carbocycles. The number of rotatable bonds is 7. The molecule has 1 N–H and O–H groups in total. The van der Waals surface area contributed by atoms with E-state index >= 15 is 0 Å². The van der Waals surface area contributed by atoms with E-state index in [-0.39, 0.29) is 0 Å². The van der Waals surface area contributed by atoms with E-state index in [1.165, 1.54) is 18.7 Å². The highest BCUT2D eigenvalue weighted by Crippen LogP contribution is 2.19. The van der Waals surface area contributed by atoms with Crippen molar-refractivity contribution in [1.29, 1.82) is 0 Å². The van der Waals surface area contributed by atoms with Gasteiger partial charge in [0.05, 0.1) is 0 Å². The van der Waals surface area contributed by atoms with E-state index in [1.807, 2.05) is 0 Å². The highest BCUT2D eigenvalue weighted by atomic mass is 28.4. The Balaban J connectivity index is 2.42. The summed E-state index contributed by atoms with van der Waals surface area (Å²) in [5.74, 6) is 0. The van der Waals surface area contributed by atoms with Crippen LogP contribution in [0.1, 0.15) is 6.42 Å². The smallest absolute Gasteiger partial charge is 0.112 e. The average molecular weight is 295 g/mol. The van der Waals surface area contributed by atoms with Gasteiger partial charge in [-0.15, -0.1) is 0 Å². The van der Waals surface area contributed by atoms with Crippen molar-refractivity contribution in [2.24, 2.45) is 0 Å². The van der Waals surface area contributed by atoms with E-state index < -0.39 is 16.5 Å². The van der Waals surface area contributed by atoms with E-state index in [0.29, 0.717) is 0 Å². The first kappa shape index (κ1) is 16.5. The van der Waals surface area contributed by atoms with Gasteiger partial charge in [-0.1, -0.05) is 57.5 Å². The predicted octanol–water partition coefficient (Wildman–Crippen LogP) is 4.46. The van der Waals surface area contributed by atoms with E-state index in [9.17, 15) is 0 Å². The molecule has 0 radical (unpaired) electrons. The molecule has 1 aromatic carbocycles. The predicted molar refractivity (Wildman–Crippen MR) is 92.9 cm³/mol. The Hall–Kier alpha value is -0.586. The fourth-order valence-corrected chi connectivity index (χ4v) is 12.4. The first-order valence-electron chi connectivity index (χ1n) is 7.28. The van der Waals surface area contributed by atoms with Gasteiger partial charge in [0.2, 0.25) is 0 Å². The standard InChI is InChI=1S/C15H30N2Si2/c1-18(2,3)17(19(4,5)6)14-10-13-16-15-11-8-7-9-12-15/h7-9,11-12,16H,10,13-14H2,1-6H3. The summed E-state index contributed by atoms with van der Waals surface area (Å²) in [7, 11) is -2.37. The number of hydrogen-bond acceptors (Lipinski definition) is 2. The molecular weight excluding hydrogens is 264 g/mol. The van der Waals surface area contributed by atoms with Crippen LogP contribution in [0.5, 0.6) is 0 Å². The quantitative estimate of drug-likeness (QED) is 0.590. The van der Waals surface area contributed by atoms with Crippen molar-refractivity contribution in [3.63, 3.8) is 0 Å². The Morgan fingerprint density at radius 1 is 0.895 bits per heavy atom. The summed E-state index contributed by atoms with van der Waals surface area (Å²) in [5.41, 5.74) is 1.23. The van der Waals surface area contributed by atoms with Crippen molar-refractivity contribution < 1.29 is 0 Å². The van der Waals surface area contributed by atoms with Gasteiger partial charge in [-0.2, -0.15) is 0 Å². The number of hydrogen-bond donors (Lipinski definition) is 1. The zero-order valence-electron chi connectivity index (χ0n) is 13.5. The van der Waals surface area contributed by atoms with Crippen LogP contribution in [0.25, 0.3) is 0 Å². The minimum atomic E-state index is -1.18. The molecule has 0 saturated heterocycles. The molecule has 108 valence electrons. The van der Waals surface area contributed by atoms with Crippen LogP contribution in [0.4, 0.5) is 5.69 Å². The van der Waals surface area contributed by atoms with Crippen LogP contribution in [0.2, 0.25) is 39.3 Å². The molecule has 0 aromatic heterocycles. The maximum atomic E-state index is 3.51. The van der Waals surface area contributed by atoms with Crippen LogP contribution in [0, 0.1) is 0 Å². The zero-order chi connectivity index (χ0) is 14.5. The third-order valence-electron chi connectivity index (χ3n) is 3.28. The van der Waals surface area contributed by atoms with Crippen LogP contribution in [-0.4, -0.2) is 33.8 Å². The lowest BCUT2D eigenvalue weighted by Gasteiger charge is -2.43. The summed E-state index contributed by atoms with van der Waals surface area (Å²) >= 11 is 0. The molecular formula is C15H30N2Si2. The maximum Gasteiger partial charge on any atom is 0.112 e. The second-order valence-corrected chi connectivity index (χ2v) is 17.3. The van der Waals surface area contributed by atoms with Gasteiger partial charge < -0.3 is 9.55 Å². The number of para-hydroxylation sites is 1. The fourth-order valence-electron chi connectivity index (χ4n) is 2.70. The van der Waals surface area contributed by atoms with Gasteiger partial charge >= 0.3 is 0 Å². The van der Waals surface area contributed by atoms with Gasteiger partial charge in [0.1, 0.15) is 16.5 Å². The summed E-state index contributed by atoms with van der Waals surface area (Å²) in [5, 5.41) is 3.51. The van der Waals surface area contributed by atoms with Crippen LogP contribution in [-0.2, 0) is 0 Å². The summed E-state index contributed by atoms with van der Waals surface area (Å²) < 4.78 is 2.85. The molecule has 0 saturated carbocycles. The van der Waals surface area contributed by atoms with E-state index in [0.717, 1.165) is 6.54 Å². The van der Waals surface area contributed by atoms with Crippen LogP contribution >= 0.6 is 0 Å². The Kier molecular flexibility index (Phi) is 5.83. The molecule has 0 atom stereocenters. The molecule has 0 aliphatic heterocycles. The number of nitrogens with zero attached hydrogens (tertiary/aromatic N) is 1. The Morgan fingerprint density at radius 2 is 1.42 bits per heavy atom. The zero-order valence-corrected chi connectivity index (χ0v) is 15.5. The van der Waals surface area contributed by atoms with Gasteiger partial charge in [-0.05, 0) is 25.1 Å². The van der Waals surface area contributed by atoms with Crippen molar-refractivity contribution >= 4 is 22.2 Å². The summed E-state index contributed by atoms with van der Waals surface area (Å²) in [6, 6.07) is 10.5. The molecule has 1 aromatic rings. The number of nitrogens with one attached hydrogen (secondary N) is 1. The van der Waals surface area contributed by atoms with Gasteiger partial charge in [0.25, 0.3) is 0 Å². The Bertz CT molecular complexity index is 352. The van der Waals surface area contributed by atoms with Crippen molar-refractivity contribution in [3.8, 4) is 0 Å². The van der Waals surface area contributed by atoms with Crippen molar-refractivity contribution in [3.05, 3.63) is 30.3 Å². The summed E-state index contributed by atoms with van der Waals surface area (Å²) in [4.78, 5) is 0.